The second kappa shape index (κ2) is 9.36. The molecular formula is C23H16Br2N2O4. The van der Waals surface area contributed by atoms with E-state index in [-0.39, 0.29) is 23.3 Å². The number of carbonyl (C=O) groups excluding carboxylic acids is 2. The van der Waals surface area contributed by atoms with Crippen molar-refractivity contribution in [2.75, 3.05) is 10.6 Å². The quantitative estimate of drug-likeness (QED) is 0.291. The number of benzene rings is 2. The predicted octanol–water partition coefficient (Wildman–Crippen LogP) is 6.49. The van der Waals surface area contributed by atoms with Crippen LogP contribution in [-0.4, -0.2) is 11.8 Å². The van der Waals surface area contributed by atoms with Crippen LogP contribution in [0.1, 0.15) is 32.2 Å². The van der Waals surface area contributed by atoms with Crippen LogP contribution < -0.4 is 10.6 Å². The molecule has 4 aromatic rings. The Morgan fingerprint density at radius 2 is 1.00 bits per heavy atom. The lowest BCUT2D eigenvalue weighted by atomic mass is 10.0. The van der Waals surface area contributed by atoms with Crippen molar-refractivity contribution in [3.63, 3.8) is 0 Å². The number of hydrogen-bond acceptors (Lipinski definition) is 4. The van der Waals surface area contributed by atoms with E-state index in [0.29, 0.717) is 20.7 Å². The average Bonchev–Trinajstić information content (AvgIpc) is 3.39. The summed E-state index contributed by atoms with van der Waals surface area (Å²) < 4.78 is 11.5. The first kappa shape index (κ1) is 21.1. The Hall–Kier alpha value is -3.10. The molecule has 6 nitrogen and oxygen atoms in total. The lowest BCUT2D eigenvalue weighted by molar-refractivity contribution is 0.0988. The van der Waals surface area contributed by atoms with Gasteiger partial charge in [0.25, 0.3) is 11.8 Å². The van der Waals surface area contributed by atoms with Crippen LogP contribution in [0.15, 0.2) is 91.0 Å². The fourth-order valence-electron chi connectivity index (χ4n) is 2.91. The van der Waals surface area contributed by atoms with E-state index >= 15 is 0 Å². The van der Waals surface area contributed by atoms with Gasteiger partial charge in [-0.3, -0.25) is 9.59 Å². The Kier molecular flexibility index (Phi) is 6.39. The predicted molar refractivity (Wildman–Crippen MR) is 124 cm³/mol. The van der Waals surface area contributed by atoms with Crippen molar-refractivity contribution in [3.8, 4) is 0 Å². The summed E-state index contributed by atoms with van der Waals surface area (Å²) in [6.45, 7) is 0. The topological polar surface area (TPSA) is 84.5 Å². The summed E-state index contributed by atoms with van der Waals surface area (Å²) >= 11 is 6.36. The van der Waals surface area contributed by atoms with Crippen LogP contribution >= 0.6 is 31.9 Å². The molecule has 0 aliphatic rings. The number of amides is 2. The maximum Gasteiger partial charge on any atom is 0.291 e. The maximum absolute atomic E-state index is 12.1. The summed E-state index contributed by atoms with van der Waals surface area (Å²) in [5, 5.41) is 5.60. The lowest BCUT2D eigenvalue weighted by Gasteiger charge is -2.07. The highest BCUT2D eigenvalue weighted by Gasteiger charge is 2.12. The van der Waals surface area contributed by atoms with Crippen LogP contribution in [0.3, 0.4) is 0 Å². The van der Waals surface area contributed by atoms with E-state index in [1.807, 2.05) is 48.5 Å². The third kappa shape index (κ3) is 5.53. The molecule has 0 aliphatic carbocycles. The van der Waals surface area contributed by atoms with Gasteiger partial charge in [0.2, 0.25) is 0 Å². The van der Waals surface area contributed by atoms with Gasteiger partial charge in [0.1, 0.15) is 0 Å². The summed E-state index contributed by atoms with van der Waals surface area (Å²) in [6, 6.07) is 21.8. The Labute approximate surface area is 194 Å². The number of carbonyl (C=O) groups is 2. The fourth-order valence-corrected chi connectivity index (χ4v) is 3.52. The first-order chi connectivity index (χ1) is 15.0. The summed E-state index contributed by atoms with van der Waals surface area (Å²) in [5.41, 5.74) is 3.56. The average molecular weight is 544 g/mol. The maximum atomic E-state index is 12.1. The molecular weight excluding hydrogens is 528 g/mol. The van der Waals surface area contributed by atoms with E-state index in [9.17, 15) is 9.59 Å². The molecule has 0 unspecified atom stereocenters. The molecule has 2 amide bonds. The summed E-state index contributed by atoms with van der Waals surface area (Å²) in [5.74, 6) is -0.137. The molecule has 0 saturated carbocycles. The molecule has 0 atom stereocenters. The molecule has 0 bridgehead atoms. The first-order valence-corrected chi connectivity index (χ1v) is 10.9. The molecule has 0 radical (unpaired) electrons. The van der Waals surface area contributed by atoms with E-state index in [1.165, 1.54) is 0 Å². The molecule has 0 spiro atoms. The minimum absolute atomic E-state index is 0.239. The minimum Gasteiger partial charge on any atom is -0.444 e. The second-order valence-corrected chi connectivity index (χ2v) is 8.25. The van der Waals surface area contributed by atoms with Crippen LogP contribution in [0.25, 0.3) is 0 Å². The van der Waals surface area contributed by atoms with Crippen LogP contribution in [0, 0.1) is 0 Å². The van der Waals surface area contributed by atoms with E-state index in [2.05, 4.69) is 42.5 Å². The Morgan fingerprint density at radius 1 is 0.613 bits per heavy atom. The van der Waals surface area contributed by atoms with Gasteiger partial charge < -0.3 is 19.5 Å². The SMILES string of the molecule is O=C(Nc1ccc(Cc2ccc(NC(=O)c3ccc(Br)o3)cc2)cc1)c1ccc(Br)o1. The Balaban J connectivity index is 1.33. The lowest BCUT2D eigenvalue weighted by Crippen LogP contribution is -2.10. The van der Waals surface area contributed by atoms with Crippen molar-refractivity contribution >= 4 is 55.0 Å². The number of anilines is 2. The first-order valence-electron chi connectivity index (χ1n) is 9.27. The third-order valence-corrected chi connectivity index (χ3v) is 5.28. The van der Waals surface area contributed by atoms with Gasteiger partial charge in [0.05, 0.1) is 0 Å². The van der Waals surface area contributed by atoms with Crippen molar-refractivity contribution < 1.29 is 18.4 Å². The van der Waals surface area contributed by atoms with Crippen LogP contribution in [-0.2, 0) is 6.42 Å². The molecule has 31 heavy (non-hydrogen) atoms. The van der Waals surface area contributed by atoms with Gasteiger partial charge >= 0.3 is 0 Å². The minimum atomic E-state index is -0.307. The molecule has 0 aliphatic heterocycles. The standard InChI is InChI=1S/C23H16Br2N2O4/c24-20-11-9-18(30-20)22(28)26-16-5-1-14(2-6-16)13-15-3-7-17(8-4-15)27-23(29)19-10-12-21(25)31-19/h1-12H,13H2,(H,26,28)(H,27,29). The van der Waals surface area contributed by atoms with Crippen molar-refractivity contribution in [2.24, 2.45) is 0 Å². The molecule has 156 valence electrons. The third-order valence-electron chi connectivity index (χ3n) is 4.43. The molecule has 0 fully saturated rings. The molecule has 2 heterocycles. The van der Waals surface area contributed by atoms with Crippen LogP contribution in [0.5, 0.6) is 0 Å². The van der Waals surface area contributed by atoms with Gasteiger partial charge in [-0.15, -0.1) is 0 Å². The van der Waals surface area contributed by atoms with Crippen molar-refractivity contribution in [1.29, 1.82) is 0 Å². The summed E-state index contributed by atoms with van der Waals surface area (Å²) in [7, 11) is 0. The molecule has 0 saturated heterocycles. The van der Waals surface area contributed by atoms with Gasteiger partial charge in [-0.1, -0.05) is 24.3 Å². The highest BCUT2D eigenvalue weighted by molar-refractivity contribution is 9.10. The highest BCUT2D eigenvalue weighted by atomic mass is 79.9. The fraction of sp³-hybridized carbons (Fsp3) is 0.0435. The zero-order valence-corrected chi connectivity index (χ0v) is 19.2. The van der Waals surface area contributed by atoms with E-state index in [1.54, 1.807) is 24.3 Å². The monoisotopic (exact) mass is 542 g/mol. The van der Waals surface area contributed by atoms with Crippen molar-refractivity contribution in [2.45, 2.75) is 6.42 Å². The van der Waals surface area contributed by atoms with Gasteiger partial charge in [0.15, 0.2) is 20.9 Å². The zero-order chi connectivity index (χ0) is 21.8. The summed E-state index contributed by atoms with van der Waals surface area (Å²) in [4.78, 5) is 24.3. The molecule has 8 heteroatoms. The smallest absolute Gasteiger partial charge is 0.291 e. The van der Waals surface area contributed by atoms with E-state index in [0.717, 1.165) is 17.5 Å². The number of hydrogen-bond donors (Lipinski definition) is 2. The molecule has 2 aromatic carbocycles. The largest absolute Gasteiger partial charge is 0.444 e. The Bertz CT molecular complexity index is 1120. The van der Waals surface area contributed by atoms with E-state index < -0.39 is 0 Å². The zero-order valence-electron chi connectivity index (χ0n) is 16.0. The normalized spacial score (nSPS) is 10.6. The number of furan rings is 2. The van der Waals surface area contributed by atoms with E-state index in [4.69, 9.17) is 8.83 Å². The highest BCUT2D eigenvalue weighted by Crippen LogP contribution is 2.19. The summed E-state index contributed by atoms with van der Waals surface area (Å²) in [6.07, 6.45) is 0.721. The Morgan fingerprint density at radius 3 is 1.32 bits per heavy atom. The van der Waals surface area contributed by atoms with Gasteiger partial charge in [-0.25, -0.2) is 0 Å². The number of halogens is 2. The second-order valence-electron chi connectivity index (χ2n) is 6.69. The van der Waals surface area contributed by atoms with Gasteiger partial charge in [-0.2, -0.15) is 0 Å². The van der Waals surface area contributed by atoms with Crippen LogP contribution in [0.2, 0.25) is 0 Å². The van der Waals surface area contributed by atoms with Crippen molar-refractivity contribution in [3.05, 3.63) is 105 Å². The van der Waals surface area contributed by atoms with Crippen LogP contribution in [0.4, 0.5) is 11.4 Å². The molecule has 2 aromatic heterocycles. The van der Waals surface area contributed by atoms with Crippen molar-refractivity contribution in [1.82, 2.24) is 0 Å². The van der Waals surface area contributed by atoms with Gasteiger partial charge in [-0.05, 0) is 97.9 Å². The van der Waals surface area contributed by atoms with Gasteiger partial charge in [0, 0.05) is 11.4 Å². The number of rotatable bonds is 6. The molecule has 4 rings (SSSR count). The molecule has 2 N–H and O–H groups in total. The number of nitrogens with one attached hydrogen (secondary N) is 2.